The number of nitrogens with one attached hydrogen (secondary N) is 2. The molecule has 2 amide bonds. The van der Waals surface area contributed by atoms with E-state index in [1.807, 2.05) is 18.7 Å². The summed E-state index contributed by atoms with van der Waals surface area (Å²) >= 11 is 12.3. The lowest BCUT2D eigenvalue weighted by Gasteiger charge is -2.36. The number of anilines is 2. The number of nitrogens with zero attached hydrogens (tertiary/aromatic N) is 3. The Labute approximate surface area is 229 Å². The van der Waals surface area contributed by atoms with Crippen molar-refractivity contribution in [2.75, 3.05) is 24.1 Å². The first-order valence-electron chi connectivity index (χ1n) is 11.9. The number of amides is 2. The number of rotatable bonds is 6. The lowest BCUT2D eigenvalue weighted by atomic mass is 10.1. The molecule has 1 aliphatic heterocycles. The first-order chi connectivity index (χ1) is 18.0. The number of nitrogen functional groups attached to an aromatic ring is 1. The Morgan fingerprint density at radius 3 is 2.45 bits per heavy atom. The molecule has 0 radical (unpaired) electrons. The van der Waals surface area contributed by atoms with Gasteiger partial charge < -0.3 is 26.0 Å². The van der Waals surface area contributed by atoms with Crippen LogP contribution in [0.3, 0.4) is 0 Å². The zero-order valence-corrected chi connectivity index (χ0v) is 22.5. The molecular formula is C26H27Cl2FN6O3. The minimum absolute atomic E-state index is 0.0504. The van der Waals surface area contributed by atoms with Crippen molar-refractivity contribution in [2.45, 2.75) is 39.0 Å². The number of carbonyl (C=O) groups excluding carboxylic acids is 2. The molecule has 0 spiro atoms. The summed E-state index contributed by atoms with van der Waals surface area (Å²) in [5, 5.41) is 13.8. The van der Waals surface area contributed by atoms with Crippen molar-refractivity contribution in [3.63, 3.8) is 0 Å². The van der Waals surface area contributed by atoms with Gasteiger partial charge in [-0.25, -0.2) is 4.39 Å². The Morgan fingerprint density at radius 1 is 1.13 bits per heavy atom. The summed E-state index contributed by atoms with van der Waals surface area (Å²) in [6, 6.07) is 10.9. The van der Waals surface area contributed by atoms with E-state index in [1.165, 1.54) is 12.1 Å². The summed E-state index contributed by atoms with van der Waals surface area (Å²) < 4.78 is 19.8. The average Bonchev–Trinajstić information content (AvgIpc) is 2.87. The lowest BCUT2D eigenvalue weighted by Crippen LogP contribution is -2.55. The second kappa shape index (κ2) is 11.5. The van der Waals surface area contributed by atoms with E-state index in [0.29, 0.717) is 24.3 Å². The Bertz CT molecular complexity index is 1350. The summed E-state index contributed by atoms with van der Waals surface area (Å²) in [7, 11) is 0. The predicted molar refractivity (Wildman–Crippen MR) is 144 cm³/mol. The number of hydrogen-bond acceptors (Lipinski definition) is 7. The second-order valence-corrected chi connectivity index (χ2v) is 9.99. The van der Waals surface area contributed by atoms with E-state index in [9.17, 15) is 14.0 Å². The SMILES string of the molecule is CC(Oc1cc(C(=O)Nc2ccc(C(=O)N3C[C@@H](C)N[C@@H](C)C3)cc2)nnc1N)c1c(Cl)ccc(F)c1Cl. The van der Waals surface area contributed by atoms with Crippen LogP contribution in [0.5, 0.6) is 5.75 Å². The molecule has 1 saturated heterocycles. The van der Waals surface area contributed by atoms with Gasteiger partial charge in [0.1, 0.15) is 11.9 Å². The number of halogens is 3. The standard InChI is InChI=1S/C26H27Cl2FN6O3/c1-13-11-35(12-14(2)31-13)26(37)16-4-6-17(7-5-16)32-25(36)20-10-21(24(30)34-33-20)38-15(3)22-18(27)8-9-19(29)23(22)28/h4-10,13-15,31H,11-12H2,1-3H3,(H2,30,34)(H,32,36)/t13-,14+,15?. The topological polar surface area (TPSA) is 122 Å². The molecule has 1 fully saturated rings. The molecule has 0 aliphatic carbocycles. The molecule has 4 N–H and O–H groups in total. The monoisotopic (exact) mass is 560 g/mol. The van der Waals surface area contributed by atoms with Gasteiger partial charge in [0, 0.05) is 53.1 Å². The van der Waals surface area contributed by atoms with Gasteiger partial charge in [0.05, 0.1) is 5.02 Å². The molecule has 1 aromatic heterocycles. The number of carbonyl (C=O) groups is 2. The molecule has 38 heavy (non-hydrogen) atoms. The van der Waals surface area contributed by atoms with Crippen LogP contribution in [0.25, 0.3) is 0 Å². The van der Waals surface area contributed by atoms with Gasteiger partial charge in [-0.3, -0.25) is 9.59 Å². The fourth-order valence-corrected chi connectivity index (χ4v) is 5.00. The van der Waals surface area contributed by atoms with Crippen molar-refractivity contribution in [2.24, 2.45) is 0 Å². The van der Waals surface area contributed by atoms with Gasteiger partial charge >= 0.3 is 0 Å². The third-order valence-electron chi connectivity index (χ3n) is 6.04. The highest BCUT2D eigenvalue weighted by atomic mass is 35.5. The summed E-state index contributed by atoms with van der Waals surface area (Å²) in [6.45, 7) is 6.93. The van der Waals surface area contributed by atoms with Gasteiger partial charge in [-0.15, -0.1) is 10.2 Å². The van der Waals surface area contributed by atoms with Gasteiger partial charge in [0.15, 0.2) is 17.3 Å². The lowest BCUT2D eigenvalue weighted by molar-refractivity contribution is 0.0673. The van der Waals surface area contributed by atoms with Crippen LogP contribution in [0.15, 0.2) is 42.5 Å². The van der Waals surface area contributed by atoms with E-state index in [-0.39, 0.29) is 50.9 Å². The molecular weight excluding hydrogens is 534 g/mol. The minimum Gasteiger partial charge on any atom is -0.482 e. The van der Waals surface area contributed by atoms with Gasteiger partial charge in [-0.1, -0.05) is 23.2 Å². The zero-order valence-electron chi connectivity index (χ0n) is 21.0. The molecule has 12 heteroatoms. The van der Waals surface area contributed by atoms with Crippen LogP contribution in [0.2, 0.25) is 10.0 Å². The molecule has 2 aromatic carbocycles. The minimum atomic E-state index is -0.806. The van der Waals surface area contributed by atoms with Gasteiger partial charge in [-0.2, -0.15) is 0 Å². The van der Waals surface area contributed by atoms with Crippen LogP contribution in [0.4, 0.5) is 15.9 Å². The number of ether oxygens (including phenoxy) is 1. The molecule has 9 nitrogen and oxygen atoms in total. The van der Waals surface area contributed by atoms with Crippen molar-refractivity contribution in [1.82, 2.24) is 20.4 Å². The molecule has 2 heterocycles. The molecule has 1 aliphatic rings. The molecule has 200 valence electrons. The third kappa shape index (κ3) is 6.15. The number of aromatic nitrogens is 2. The van der Waals surface area contributed by atoms with E-state index < -0.39 is 17.8 Å². The molecule has 0 bridgehead atoms. The Balaban J connectivity index is 1.45. The van der Waals surface area contributed by atoms with Crippen molar-refractivity contribution in [3.05, 3.63) is 75.1 Å². The first kappa shape index (κ1) is 27.6. The Hall–Kier alpha value is -3.47. The molecule has 0 saturated carbocycles. The molecule has 3 aromatic rings. The highest BCUT2D eigenvalue weighted by Crippen LogP contribution is 2.35. The van der Waals surface area contributed by atoms with E-state index in [4.69, 9.17) is 33.7 Å². The highest BCUT2D eigenvalue weighted by molar-refractivity contribution is 6.36. The highest BCUT2D eigenvalue weighted by Gasteiger charge is 2.26. The normalized spacial score (nSPS) is 18.1. The van der Waals surface area contributed by atoms with Crippen LogP contribution >= 0.6 is 23.2 Å². The van der Waals surface area contributed by atoms with Gasteiger partial charge in [0.25, 0.3) is 11.8 Å². The van der Waals surface area contributed by atoms with Crippen LogP contribution in [0.1, 0.15) is 53.3 Å². The van der Waals surface area contributed by atoms with E-state index in [2.05, 4.69) is 20.8 Å². The second-order valence-electron chi connectivity index (χ2n) is 9.21. The quantitative estimate of drug-likeness (QED) is 0.373. The maximum Gasteiger partial charge on any atom is 0.276 e. The van der Waals surface area contributed by atoms with Gasteiger partial charge in [-0.05, 0) is 57.2 Å². The molecule has 3 atom stereocenters. The van der Waals surface area contributed by atoms with Crippen LogP contribution < -0.4 is 21.1 Å². The van der Waals surface area contributed by atoms with E-state index in [1.54, 1.807) is 31.2 Å². The zero-order chi connectivity index (χ0) is 27.6. The third-order valence-corrected chi connectivity index (χ3v) is 6.76. The number of hydrogen-bond donors (Lipinski definition) is 3. The number of nitrogens with two attached hydrogens (primary N) is 1. The Kier molecular flexibility index (Phi) is 8.35. The van der Waals surface area contributed by atoms with Crippen molar-refractivity contribution >= 4 is 46.5 Å². The summed E-state index contributed by atoms with van der Waals surface area (Å²) in [5.41, 5.74) is 7.04. The maximum atomic E-state index is 13.9. The fraction of sp³-hybridized carbons (Fsp3) is 0.308. The van der Waals surface area contributed by atoms with Crippen LogP contribution in [-0.2, 0) is 0 Å². The fourth-order valence-electron chi connectivity index (χ4n) is 4.32. The van der Waals surface area contributed by atoms with Gasteiger partial charge in [0.2, 0.25) is 0 Å². The largest absolute Gasteiger partial charge is 0.482 e. The Morgan fingerprint density at radius 2 is 1.79 bits per heavy atom. The maximum absolute atomic E-state index is 13.9. The van der Waals surface area contributed by atoms with E-state index >= 15 is 0 Å². The first-order valence-corrected chi connectivity index (χ1v) is 12.7. The van der Waals surface area contributed by atoms with E-state index in [0.717, 1.165) is 6.07 Å². The predicted octanol–water partition coefficient (Wildman–Crippen LogP) is 4.72. The smallest absolute Gasteiger partial charge is 0.276 e. The van der Waals surface area contributed by atoms with Crippen LogP contribution in [-0.4, -0.2) is 52.1 Å². The summed E-state index contributed by atoms with van der Waals surface area (Å²) in [6.07, 6.45) is -0.806. The van der Waals surface area contributed by atoms with Crippen LogP contribution in [0, 0.1) is 5.82 Å². The average molecular weight is 561 g/mol. The van der Waals surface area contributed by atoms with Crippen molar-refractivity contribution in [1.29, 1.82) is 0 Å². The molecule has 4 rings (SSSR count). The number of benzene rings is 2. The summed E-state index contributed by atoms with van der Waals surface area (Å²) in [4.78, 5) is 27.6. The van der Waals surface area contributed by atoms with Crippen molar-refractivity contribution < 1.29 is 18.7 Å². The summed E-state index contributed by atoms with van der Waals surface area (Å²) in [5.74, 6) is -1.30. The number of piperazine rings is 1. The van der Waals surface area contributed by atoms with Crippen molar-refractivity contribution in [3.8, 4) is 5.75 Å². The molecule has 1 unspecified atom stereocenters.